The SMILES string of the molecule is CN1CCCC2(CCCN2C(=O)c2ccccc2-c2nc(-c3ccccc3)no2)C1=O. The van der Waals surface area contributed by atoms with Crippen LogP contribution in [0.25, 0.3) is 22.8 Å². The topological polar surface area (TPSA) is 79.5 Å². The van der Waals surface area contributed by atoms with Gasteiger partial charge in [-0.05, 0) is 37.8 Å². The molecule has 1 unspecified atom stereocenters. The molecule has 1 aromatic heterocycles. The summed E-state index contributed by atoms with van der Waals surface area (Å²) in [5, 5.41) is 4.09. The first-order valence-electron chi connectivity index (χ1n) is 10.7. The normalized spacial score (nSPS) is 21.1. The first-order valence-corrected chi connectivity index (χ1v) is 10.7. The highest BCUT2D eigenvalue weighted by Gasteiger charge is 2.52. The fourth-order valence-electron chi connectivity index (χ4n) is 4.87. The lowest BCUT2D eigenvalue weighted by Crippen LogP contribution is -2.60. The second kappa shape index (κ2) is 7.65. The smallest absolute Gasteiger partial charge is 0.259 e. The number of aromatic nitrogens is 2. The fraction of sp³-hybridized carbons (Fsp3) is 0.333. The standard InChI is InChI=1S/C24H24N4O3/c1-27-15-7-13-24(23(27)30)14-8-16-28(24)22(29)19-12-6-5-11-18(19)21-25-20(26-31-21)17-9-3-2-4-10-17/h2-6,9-12H,7-8,13-16H2,1H3. The number of hydrogen-bond donors (Lipinski definition) is 0. The van der Waals surface area contributed by atoms with Gasteiger partial charge in [-0.25, -0.2) is 0 Å². The molecule has 158 valence electrons. The van der Waals surface area contributed by atoms with E-state index in [4.69, 9.17) is 4.52 Å². The van der Waals surface area contributed by atoms with Gasteiger partial charge in [0, 0.05) is 25.7 Å². The Morgan fingerprint density at radius 2 is 1.71 bits per heavy atom. The quantitative estimate of drug-likeness (QED) is 0.651. The van der Waals surface area contributed by atoms with Crippen molar-refractivity contribution in [1.82, 2.24) is 19.9 Å². The van der Waals surface area contributed by atoms with Gasteiger partial charge in [0.15, 0.2) is 0 Å². The molecule has 5 rings (SSSR count). The molecule has 0 N–H and O–H groups in total. The van der Waals surface area contributed by atoms with Crippen LogP contribution in [0.3, 0.4) is 0 Å². The highest BCUT2D eigenvalue weighted by molar-refractivity contribution is 6.03. The predicted molar refractivity (Wildman–Crippen MR) is 115 cm³/mol. The van der Waals surface area contributed by atoms with Crippen LogP contribution >= 0.6 is 0 Å². The number of piperidine rings is 1. The Kier molecular flexibility index (Phi) is 4.81. The molecule has 7 heteroatoms. The van der Waals surface area contributed by atoms with Crippen molar-refractivity contribution in [3.8, 4) is 22.8 Å². The zero-order chi connectivity index (χ0) is 21.4. The predicted octanol–water partition coefficient (Wildman–Crippen LogP) is 3.63. The molecular weight excluding hydrogens is 392 g/mol. The van der Waals surface area contributed by atoms with Gasteiger partial charge in [0.1, 0.15) is 5.54 Å². The van der Waals surface area contributed by atoms with Crippen molar-refractivity contribution in [3.63, 3.8) is 0 Å². The third-order valence-corrected chi connectivity index (χ3v) is 6.41. The zero-order valence-electron chi connectivity index (χ0n) is 17.5. The summed E-state index contributed by atoms with van der Waals surface area (Å²) in [6.07, 6.45) is 3.15. The lowest BCUT2D eigenvalue weighted by Gasteiger charge is -2.43. The molecule has 2 aliphatic rings. The van der Waals surface area contributed by atoms with E-state index in [2.05, 4.69) is 10.1 Å². The number of amides is 2. The molecule has 3 aromatic rings. The second-order valence-electron chi connectivity index (χ2n) is 8.26. The summed E-state index contributed by atoms with van der Waals surface area (Å²) in [5.41, 5.74) is 1.17. The highest BCUT2D eigenvalue weighted by Crippen LogP contribution is 2.39. The van der Waals surface area contributed by atoms with Crippen molar-refractivity contribution < 1.29 is 14.1 Å². The molecule has 2 amide bonds. The van der Waals surface area contributed by atoms with Gasteiger partial charge in [0.25, 0.3) is 11.8 Å². The van der Waals surface area contributed by atoms with E-state index in [-0.39, 0.29) is 11.8 Å². The zero-order valence-corrected chi connectivity index (χ0v) is 17.5. The Balaban J connectivity index is 1.51. The van der Waals surface area contributed by atoms with Crippen LogP contribution in [0.4, 0.5) is 0 Å². The monoisotopic (exact) mass is 416 g/mol. The minimum atomic E-state index is -0.735. The number of rotatable bonds is 3. The van der Waals surface area contributed by atoms with Gasteiger partial charge in [-0.3, -0.25) is 9.59 Å². The van der Waals surface area contributed by atoms with Crippen molar-refractivity contribution in [2.75, 3.05) is 20.1 Å². The largest absolute Gasteiger partial charge is 0.344 e. The third kappa shape index (κ3) is 3.21. The van der Waals surface area contributed by atoms with Gasteiger partial charge in [0.2, 0.25) is 11.7 Å². The van der Waals surface area contributed by atoms with Gasteiger partial charge in [-0.2, -0.15) is 4.98 Å². The molecule has 3 heterocycles. The van der Waals surface area contributed by atoms with E-state index in [0.717, 1.165) is 24.9 Å². The fourth-order valence-corrected chi connectivity index (χ4v) is 4.87. The van der Waals surface area contributed by atoms with E-state index < -0.39 is 5.54 Å². The molecule has 7 nitrogen and oxygen atoms in total. The van der Waals surface area contributed by atoms with E-state index in [1.165, 1.54) is 0 Å². The van der Waals surface area contributed by atoms with Crippen LogP contribution in [-0.2, 0) is 4.79 Å². The Hall–Kier alpha value is -3.48. The van der Waals surface area contributed by atoms with Gasteiger partial charge >= 0.3 is 0 Å². The molecule has 2 saturated heterocycles. The van der Waals surface area contributed by atoms with Crippen molar-refractivity contribution >= 4 is 11.8 Å². The summed E-state index contributed by atoms with van der Waals surface area (Å²) >= 11 is 0. The Labute approximate surface area is 180 Å². The number of hydrogen-bond acceptors (Lipinski definition) is 5. The summed E-state index contributed by atoms with van der Waals surface area (Å²) in [6, 6.07) is 16.8. The van der Waals surface area contributed by atoms with Crippen LogP contribution < -0.4 is 0 Å². The van der Waals surface area contributed by atoms with Crippen molar-refractivity contribution in [2.45, 2.75) is 31.2 Å². The number of likely N-dealkylation sites (tertiary alicyclic amines) is 2. The number of carbonyl (C=O) groups is 2. The molecule has 0 radical (unpaired) electrons. The summed E-state index contributed by atoms with van der Waals surface area (Å²) in [5.74, 6) is 0.658. The molecule has 2 fully saturated rings. The van der Waals surface area contributed by atoms with Gasteiger partial charge in [0.05, 0.1) is 11.1 Å². The van der Waals surface area contributed by atoms with Crippen LogP contribution in [0, 0.1) is 0 Å². The average Bonchev–Trinajstić information content (AvgIpc) is 3.46. The molecule has 1 spiro atoms. The minimum absolute atomic E-state index is 0.0474. The molecule has 2 aliphatic heterocycles. The maximum Gasteiger partial charge on any atom is 0.259 e. The maximum absolute atomic E-state index is 13.7. The third-order valence-electron chi connectivity index (χ3n) is 6.41. The first-order chi connectivity index (χ1) is 15.1. The van der Waals surface area contributed by atoms with Crippen LogP contribution in [0.2, 0.25) is 0 Å². The first kappa shape index (κ1) is 19.5. The van der Waals surface area contributed by atoms with E-state index >= 15 is 0 Å². The summed E-state index contributed by atoms with van der Waals surface area (Å²) in [6.45, 7) is 1.31. The molecule has 31 heavy (non-hydrogen) atoms. The number of carbonyl (C=O) groups excluding carboxylic acids is 2. The van der Waals surface area contributed by atoms with Crippen molar-refractivity contribution in [2.24, 2.45) is 0 Å². The average molecular weight is 416 g/mol. The maximum atomic E-state index is 13.7. The van der Waals surface area contributed by atoms with E-state index in [1.54, 1.807) is 15.9 Å². The van der Waals surface area contributed by atoms with Gasteiger partial charge in [-0.15, -0.1) is 0 Å². The van der Waals surface area contributed by atoms with Crippen molar-refractivity contribution in [1.29, 1.82) is 0 Å². The number of nitrogens with zero attached hydrogens (tertiary/aromatic N) is 4. The molecule has 0 bridgehead atoms. The van der Waals surface area contributed by atoms with Crippen LogP contribution in [0.15, 0.2) is 59.1 Å². The second-order valence-corrected chi connectivity index (χ2v) is 8.26. The van der Waals surface area contributed by atoms with Crippen LogP contribution in [0.1, 0.15) is 36.0 Å². The molecule has 0 saturated carbocycles. The van der Waals surface area contributed by atoms with Gasteiger partial charge < -0.3 is 14.3 Å². The minimum Gasteiger partial charge on any atom is -0.344 e. The van der Waals surface area contributed by atoms with Gasteiger partial charge in [-0.1, -0.05) is 47.6 Å². The lowest BCUT2D eigenvalue weighted by atomic mass is 9.85. The summed E-state index contributed by atoms with van der Waals surface area (Å²) in [7, 11) is 1.82. The summed E-state index contributed by atoms with van der Waals surface area (Å²) < 4.78 is 5.53. The molecule has 0 aliphatic carbocycles. The highest BCUT2D eigenvalue weighted by atomic mass is 16.5. The Morgan fingerprint density at radius 3 is 2.52 bits per heavy atom. The van der Waals surface area contributed by atoms with Crippen LogP contribution in [0.5, 0.6) is 0 Å². The van der Waals surface area contributed by atoms with E-state index in [9.17, 15) is 9.59 Å². The Bertz CT molecular complexity index is 1130. The Morgan fingerprint density at radius 1 is 1.00 bits per heavy atom. The lowest BCUT2D eigenvalue weighted by molar-refractivity contribution is -0.144. The summed E-state index contributed by atoms with van der Waals surface area (Å²) in [4.78, 5) is 34.9. The number of benzene rings is 2. The molecule has 1 atom stereocenters. The number of likely N-dealkylation sites (N-methyl/N-ethyl adjacent to an activating group) is 1. The molecule has 2 aromatic carbocycles. The van der Waals surface area contributed by atoms with E-state index in [0.29, 0.717) is 42.2 Å². The van der Waals surface area contributed by atoms with E-state index in [1.807, 2.05) is 55.6 Å². The van der Waals surface area contributed by atoms with Crippen molar-refractivity contribution in [3.05, 3.63) is 60.2 Å². The molecular formula is C24H24N4O3. The van der Waals surface area contributed by atoms with Crippen LogP contribution in [-0.4, -0.2) is 57.4 Å².